The lowest BCUT2D eigenvalue weighted by Crippen LogP contribution is -2.35. The van der Waals surface area contributed by atoms with Crippen molar-refractivity contribution in [2.45, 2.75) is 50.7 Å². The second-order valence-corrected chi connectivity index (χ2v) is 8.36. The molecule has 30 heavy (non-hydrogen) atoms. The number of carbonyl (C=O) groups excluding carboxylic acids is 1. The number of hydrogen-bond acceptors (Lipinski definition) is 3. The lowest BCUT2D eigenvalue weighted by molar-refractivity contribution is -0.128. The molecule has 158 valence electrons. The fourth-order valence-electron chi connectivity index (χ4n) is 3.82. The molecule has 3 rings (SSSR count). The number of hydrogen-bond donors (Lipinski definition) is 2. The summed E-state index contributed by atoms with van der Waals surface area (Å²) in [6.45, 7) is 4.59. The highest BCUT2D eigenvalue weighted by Crippen LogP contribution is 2.29. The van der Waals surface area contributed by atoms with E-state index in [9.17, 15) is 14.7 Å². The number of benzene rings is 2. The van der Waals surface area contributed by atoms with Crippen LogP contribution >= 0.6 is 0 Å². The Labute approximate surface area is 177 Å². The molecule has 1 fully saturated rings. The number of aromatic carboxylic acids is 1. The predicted octanol–water partition coefficient (Wildman–Crippen LogP) is 3.81. The zero-order valence-electron chi connectivity index (χ0n) is 17.5. The topological polar surface area (TPSA) is 77.8 Å². The molecule has 1 saturated heterocycles. The summed E-state index contributed by atoms with van der Waals surface area (Å²) in [6, 6.07) is 16.6. The minimum atomic E-state index is -0.946. The van der Waals surface area contributed by atoms with Gasteiger partial charge in [-0.15, -0.1) is 0 Å². The van der Waals surface area contributed by atoms with E-state index in [0.717, 1.165) is 17.5 Å². The summed E-state index contributed by atoms with van der Waals surface area (Å²) >= 11 is 0. The number of aliphatic hydroxyl groups is 1. The van der Waals surface area contributed by atoms with Gasteiger partial charge < -0.3 is 15.1 Å². The molecule has 0 bridgehead atoms. The van der Waals surface area contributed by atoms with Crippen molar-refractivity contribution in [2.75, 3.05) is 6.54 Å². The first-order valence-electron chi connectivity index (χ1n) is 10.3. The van der Waals surface area contributed by atoms with Gasteiger partial charge >= 0.3 is 5.97 Å². The van der Waals surface area contributed by atoms with Gasteiger partial charge in [0.05, 0.1) is 17.7 Å². The van der Waals surface area contributed by atoms with E-state index < -0.39 is 17.5 Å². The van der Waals surface area contributed by atoms with Gasteiger partial charge in [0.15, 0.2) is 0 Å². The maximum absolute atomic E-state index is 12.4. The molecule has 0 saturated carbocycles. The van der Waals surface area contributed by atoms with E-state index in [1.54, 1.807) is 24.3 Å². The minimum absolute atomic E-state index is 0.0305. The van der Waals surface area contributed by atoms with Crippen molar-refractivity contribution in [3.63, 3.8) is 0 Å². The van der Waals surface area contributed by atoms with Crippen molar-refractivity contribution < 1.29 is 19.8 Å². The fraction of sp³-hybridized carbons (Fsp3) is 0.360. The summed E-state index contributed by atoms with van der Waals surface area (Å²) in [7, 11) is 0. The smallest absolute Gasteiger partial charge is 0.335 e. The van der Waals surface area contributed by atoms with Crippen LogP contribution in [-0.4, -0.2) is 45.7 Å². The SMILES string of the molecule is CC(C)(c1ccccc1)C(O)C=CC1CCC(=O)N1CCc1ccc(C(=O)O)cc1. The molecule has 2 N–H and O–H groups in total. The van der Waals surface area contributed by atoms with Gasteiger partial charge in [0.2, 0.25) is 5.91 Å². The van der Waals surface area contributed by atoms with E-state index in [0.29, 0.717) is 19.4 Å². The Morgan fingerprint density at radius 1 is 1.17 bits per heavy atom. The Hall–Kier alpha value is -2.92. The van der Waals surface area contributed by atoms with Gasteiger partial charge in [-0.05, 0) is 36.1 Å². The molecule has 2 atom stereocenters. The summed E-state index contributed by atoms with van der Waals surface area (Å²) in [5, 5.41) is 19.8. The molecule has 0 aromatic heterocycles. The van der Waals surface area contributed by atoms with E-state index >= 15 is 0 Å². The maximum Gasteiger partial charge on any atom is 0.335 e. The molecule has 2 aromatic carbocycles. The highest BCUT2D eigenvalue weighted by Gasteiger charge is 2.31. The highest BCUT2D eigenvalue weighted by atomic mass is 16.4. The number of aliphatic hydroxyl groups excluding tert-OH is 1. The van der Waals surface area contributed by atoms with Crippen molar-refractivity contribution in [3.05, 3.63) is 83.4 Å². The first-order chi connectivity index (χ1) is 14.3. The van der Waals surface area contributed by atoms with E-state index in [1.807, 2.05) is 61.2 Å². The van der Waals surface area contributed by atoms with Crippen LogP contribution in [-0.2, 0) is 16.6 Å². The molecule has 5 nitrogen and oxygen atoms in total. The summed E-state index contributed by atoms with van der Waals surface area (Å²) in [5.41, 5.74) is 1.88. The number of carboxylic acid groups (broad SMARTS) is 1. The first kappa shape index (κ1) is 21.8. The van der Waals surface area contributed by atoms with Gasteiger partial charge in [-0.2, -0.15) is 0 Å². The van der Waals surface area contributed by atoms with E-state index in [-0.39, 0.29) is 17.5 Å². The van der Waals surface area contributed by atoms with Crippen LogP contribution < -0.4 is 0 Å². The number of carbonyl (C=O) groups is 2. The molecule has 2 aromatic rings. The summed E-state index contributed by atoms with van der Waals surface area (Å²) < 4.78 is 0. The van der Waals surface area contributed by atoms with Crippen LogP contribution in [0.25, 0.3) is 0 Å². The number of amides is 1. The molecule has 1 amide bonds. The second kappa shape index (κ2) is 9.26. The first-order valence-corrected chi connectivity index (χ1v) is 10.3. The van der Waals surface area contributed by atoms with Crippen LogP contribution in [0.1, 0.15) is 48.2 Å². The molecular weight excluding hydrogens is 378 g/mol. The van der Waals surface area contributed by atoms with Gasteiger partial charge in [-0.1, -0.05) is 68.5 Å². The molecule has 1 aliphatic rings. The van der Waals surface area contributed by atoms with Crippen LogP contribution in [0.4, 0.5) is 0 Å². The summed E-state index contributed by atoms with van der Waals surface area (Å²) in [6.07, 6.45) is 5.00. The minimum Gasteiger partial charge on any atom is -0.478 e. The third-order valence-corrected chi connectivity index (χ3v) is 5.99. The fourth-order valence-corrected chi connectivity index (χ4v) is 3.82. The molecule has 0 aliphatic carbocycles. The molecular formula is C25H29NO4. The second-order valence-electron chi connectivity index (χ2n) is 8.36. The number of likely N-dealkylation sites (tertiary alicyclic amines) is 1. The third-order valence-electron chi connectivity index (χ3n) is 5.99. The number of rotatable bonds is 8. The Bertz CT molecular complexity index is 903. The lowest BCUT2D eigenvalue weighted by atomic mass is 9.79. The van der Waals surface area contributed by atoms with E-state index in [1.165, 1.54) is 0 Å². The Morgan fingerprint density at radius 2 is 1.83 bits per heavy atom. The van der Waals surface area contributed by atoms with Gasteiger partial charge in [0.25, 0.3) is 0 Å². The quantitative estimate of drug-likeness (QED) is 0.652. The van der Waals surface area contributed by atoms with Crippen LogP contribution in [0, 0.1) is 0 Å². The Kier molecular flexibility index (Phi) is 6.73. The number of carboxylic acids is 1. The van der Waals surface area contributed by atoms with Crippen molar-refractivity contribution >= 4 is 11.9 Å². The molecule has 2 unspecified atom stereocenters. The standard InChI is InChI=1S/C25H29NO4/c1-25(2,20-6-4-3-5-7-20)22(27)14-12-21-13-15-23(28)26(21)17-16-18-8-10-19(11-9-18)24(29)30/h3-12,14,21-22,27H,13,15-17H2,1-2H3,(H,29,30). The zero-order valence-corrected chi connectivity index (χ0v) is 17.5. The summed E-state index contributed by atoms with van der Waals surface area (Å²) in [5.74, 6) is -0.831. The lowest BCUT2D eigenvalue weighted by Gasteiger charge is -2.30. The number of nitrogens with zero attached hydrogens (tertiary/aromatic N) is 1. The van der Waals surface area contributed by atoms with E-state index in [2.05, 4.69) is 0 Å². The maximum atomic E-state index is 12.4. The van der Waals surface area contributed by atoms with Gasteiger partial charge in [0.1, 0.15) is 0 Å². The van der Waals surface area contributed by atoms with Crippen molar-refractivity contribution in [2.24, 2.45) is 0 Å². The molecule has 0 radical (unpaired) electrons. The van der Waals surface area contributed by atoms with Crippen molar-refractivity contribution in [1.29, 1.82) is 0 Å². The average Bonchev–Trinajstić information content (AvgIpc) is 3.10. The van der Waals surface area contributed by atoms with E-state index in [4.69, 9.17) is 5.11 Å². The predicted molar refractivity (Wildman–Crippen MR) is 116 cm³/mol. The third kappa shape index (κ3) is 4.97. The molecule has 1 aliphatic heterocycles. The van der Waals surface area contributed by atoms with Gasteiger partial charge in [0, 0.05) is 18.4 Å². The Balaban J connectivity index is 1.63. The average molecular weight is 408 g/mol. The molecule has 1 heterocycles. The van der Waals surface area contributed by atoms with Crippen LogP contribution in [0.2, 0.25) is 0 Å². The summed E-state index contributed by atoms with van der Waals surface area (Å²) in [4.78, 5) is 25.2. The van der Waals surface area contributed by atoms with Gasteiger partial charge in [-0.3, -0.25) is 4.79 Å². The highest BCUT2D eigenvalue weighted by molar-refractivity contribution is 5.87. The van der Waals surface area contributed by atoms with Crippen molar-refractivity contribution in [3.8, 4) is 0 Å². The largest absolute Gasteiger partial charge is 0.478 e. The van der Waals surface area contributed by atoms with Gasteiger partial charge in [-0.25, -0.2) is 4.79 Å². The van der Waals surface area contributed by atoms with Crippen LogP contribution in [0.5, 0.6) is 0 Å². The molecule has 0 spiro atoms. The Morgan fingerprint density at radius 3 is 2.47 bits per heavy atom. The normalized spacial score (nSPS) is 18.2. The molecule has 5 heteroatoms. The zero-order chi connectivity index (χ0) is 21.7. The van der Waals surface area contributed by atoms with Crippen molar-refractivity contribution in [1.82, 2.24) is 4.90 Å². The monoisotopic (exact) mass is 407 g/mol. The van der Waals surface area contributed by atoms with Crippen LogP contribution in [0.3, 0.4) is 0 Å². The van der Waals surface area contributed by atoms with Crippen LogP contribution in [0.15, 0.2) is 66.7 Å².